The van der Waals surface area contributed by atoms with E-state index in [0.717, 1.165) is 11.4 Å². The summed E-state index contributed by atoms with van der Waals surface area (Å²) in [5.74, 6) is 0. The molecule has 0 N–H and O–H groups in total. The van der Waals surface area contributed by atoms with Crippen LogP contribution in [-0.2, 0) is 22.6 Å². The third-order valence-electron chi connectivity index (χ3n) is 2.15. The number of rotatable bonds is 8. The Balaban J connectivity index is 2.23. The van der Waals surface area contributed by atoms with Crippen molar-refractivity contribution in [1.82, 2.24) is 4.98 Å². The molecule has 15 heavy (non-hydrogen) atoms. The maximum Gasteiger partial charge on any atom is 0.293 e. The van der Waals surface area contributed by atoms with E-state index in [2.05, 4.69) is 16.6 Å². The first kappa shape index (κ1) is 12.2. The summed E-state index contributed by atoms with van der Waals surface area (Å²) in [6.45, 7) is 2.98. The molecular weight excluding hydrogens is 210 g/mol. The molecule has 1 aromatic rings. The third-order valence-corrected chi connectivity index (χ3v) is 3.18. The minimum Gasteiger partial charge on any atom is -0.460 e. The number of unbranched alkanes of at least 4 members (excludes halogenated alkanes) is 3. The second-order valence-electron chi connectivity index (χ2n) is 3.44. The molecule has 3 nitrogen and oxygen atoms in total. The Kier molecular flexibility index (Phi) is 6.00. The van der Waals surface area contributed by atoms with Gasteiger partial charge in [-0.3, -0.25) is 4.79 Å². The van der Waals surface area contributed by atoms with E-state index in [-0.39, 0.29) is 0 Å². The van der Waals surface area contributed by atoms with Crippen LogP contribution in [0.3, 0.4) is 0 Å². The van der Waals surface area contributed by atoms with E-state index in [0.29, 0.717) is 13.1 Å². The molecule has 0 aliphatic heterocycles. The zero-order chi connectivity index (χ0) is 10.9. The van der Waals surface area contributed by atoms with Crippen molar-refractivity contribution >= 4 is 17.8 Å². The van der Waals surface area contributed by atoms with Gasteiger partial charge in [0.2, 0.25) is 0 Å². The predicted octanol–water partition coefficient (Wildman–Crippen LogP) is 2.94. The predicted molar refractivity (Wildman–Crippen MR) is 60.8 cm³/mol. The van der Waals surface area contributed by atoms with Crippen LogP contribution in [0, 0.1) is 0 Å². The van der Waals surface area contributed by atoms with Crippen LogP contribution in [0.4, 0.5) is 0 Å². The molecule has 1 aromatic heterocycles. The van der Waals surface area contributed by atoms with Crippen LogP contribution >= 0.6 is 11.3 Å². The molecule has 0 radical (unpaired) electrons. The first-order chi connectivity index (χ1) is 7.36. The first-order valence-corrected chi connectivity index (χ1v) is 6.17. The molecule has 0 aliphatic rings. The fraction of sp³-hybridized carbons (Fsp3) is 0.636. The van der Waals surface area contributed by atoms with Gasteiger partial charge in [0.25, 0.3) is 6.47 Å². The Hall–Kier alpha value is -0.900. The van der Waals surface area contributed by atoms with Crippen molar-refractivity contribution in [2.45, 2.75) is 45.6 Å². The number of carbonyl (C=O) groups is 1. The molecule has 1 rings (SSSR count). The fourth-order valence-corrected chi connectivity index (χ4v) is 2.25. The summed E-state index contributed by atoms with van der Waals surface area (Å²) in [5.41, 5.74) is 0. The number of aryl methyl sites for hydroxylation is 1. The molecule has 0 atom stereocenters. The van der Waals surface area contributed by atoms with Crippen LogP contribution in [-0.4, -0.2) is 11.5 Å². The smallest absolute Gasteiger partial charge is 0.293 e. The highest BCUT2D eigenvalue weighted by molar-refractivity contribution is 7.11. The number of nitrogens with zero attached hydrogens (tertiary/aromatic N) is 1. The van der Waals surface area contributed by atoms with Crippen LogP contribution in [0.5, 0.6) is 0 Å². The van der Waals surface area contributed by atoms with E-state index in [4.69, 9.17) is 0 Å². The Labute approximate surface area is 94.5 Å². The van der Waals surface area contributed by atoms with Crippen molar-refractivity contribution in [2.75, 3.05) is 0 Å². The topological polar surface area (TPSA) is 39.2 Å². The lowest BCUT2D eigenvalue weighted by Crippen LogP contribution is -1.87. The molecule has 0 amide bonds. The van der Waals surface area contributed by atoms with Crippen molar-refractivity contribution < 1.29 is 9.53 Å². The first-order valence-electron chi connectivity index (χ1n) is 5.35. The van der Waals surface area contributed by atoms with Gasteiger partial charge in [-0.25, -0.2) is 4.98 Å². The van der Waals surface area contributed by atoms with Gasteiger partial charge in [-0.05, 0) is 12.8 Å². The number of aromatic nitrogens is 1. The van der Waals surface area contributed by atoms with Crippen LogP contribution in [0.15, 0.2) is 6.20 Å². The van der Waals surface area contributed by atoms with Gasteiger partial charge < -0.3 is 4.74 Å². The van der Waals surface area contributed by atoms with Crippen LogP contribution in [0.1, 0.15) is 42.5 Å². The molecular formula is C11H17NO2S. The largest absolute Gasteiger partial charge is 0.460 e. The number of hydrogen-bond donors (Lipinski definition) is 0. The van der Waals surface area contributed by atoms with Crippen molar-refractivity contribution in [3.05, 3.63) is 16.1 Å². The van der Waals surface area contributed by atoms with Gasteiger partial charge in [0.1, 0.15) is 11.6 Å². The number of thiazole rings is 1. The Morgan fingerprint density at radius 1 is 1.47 bits per heavy atom. The van der Waals surface area contributed by atoms with Gasteiger partial charge in [0.05, 0.1) is 0 Å². The van der Waals surface area contributed by atoms with Gasteiger partial charge in [-0.1, -0.05) is 26.2 Å². The summed E-state index contributed by atoms with van der Waals surface area (Å²) >= 11 is 1.64. The Morgan fingerprint density at radius 3 is 3.07 bits per heavy atom. The molecule has 0 spiro atoms. The minimum absolute atomic E-state index is 0.309. The molecule has 84 valence electrons. The second-order valence-corrected chi connectivity index (χ2v) is 4.64. The Bertz CT molecular complexity index is 286. The van der Waals surface area contributed by atoms with Crippen LogP contribution < -0.4 is 0 Å². The summed E-state index contributed by atoms with van der Waals surface area (Å²) in [4.78, 5) is 15.5. The fourth-order valence-electron chi connectivity index (χ4n) is 1.36. The van der Waals surface area contributed by atoms with Crippen molar-refractivity contribution in [3.63, 3.8) is 0 Å². The van der Waals surface area contributed by atoms with Crippen molar-refractivity contribution in [3.8, 4) is 0 Å². The van der Waals surface area contributed by atoms with Crippen LogP contribution in [0.25, 0.3) is 0 Å². The molecule has 0 aliphatic carbocycles. The van der Waals surface area contributed by atoms with Gasteiger partial charge >= 0.3 is 0 Å². The highest BCUT2D eigenvalue weighted by Gasteiger charge is 2.01. The van der Waals surface area contributed by atoms with E-state index >= 15 is 0 Å². The molecule has 1 heterocycles. The molecule has 0 saturated carbocycles. The lowest BCUT2D eigenvalue weighted by atomic mass is 10.1. The standard InChI is InChI=1S/C11H17NO2S/c1-2-3-4-5-6-10-7-12-11(15-10)8-14-9-13/h7,9H,2-6,8H2,1H3. The SMILES string of the molecule is CCCCCCc1cnc(COC=O)s1. The summed E-state index contributed by atoms with van der Waals surface area (Å²) < 4.78 is 4.64. The molecule has 0 fully saturated rings. The lowest BCUT2D eigenvalue weighted by Gasteiger charge is -1.96. The average Bonchev–Trinajstić information content (AvgIpc) is 2.69. The Morgan fingerprint density at radius 2 is 2.33 bits per heavy atom. The zero-order valence-electron chi connectivity index (χ0n) is 9.07. The van der Waals surface area contributed by atoms with Gasteiger partial charge in [0.15, 0.2) is 0 Å². The number of carbonyl (C=O) groups excluding carboxylic acids is 1. The highest BCUT2D eigenvalue weighted by Crippen LogP contribution is 2.16. The molecule has 0 saturated heterocycles. The van der Waals surface area contributed by atoms with E-state index < -0.39 is 0 Å². The quantitative estimate of drug-likeness (QED) is 0.506. The van der Waals surface area contributed by atoms with Gasteiger partial charge in [0, 0.05) is 11.1 Å². The molecule has 0 unspecified atom stereocenters. The second kappa shape index (κ2) is 7.40. The summed E-state index contributed by atoms with van der Waals surface area (Å²) in [6.07, 6.45) is 8.07. The van der Waals surface area contributed by atoms with Crippen LogP contribution in [0.2, 0.25) is 0 Å². The number of hydrogen-bond acceptors (Lipinski definition) is 4. The normalized spacial score (nSPS) is 10.2. The van der Waals surface area contributed by atoms with E-state index in [1.165, 1.54) is 30.6 Å². The molecule has 0 aromatic carbocycles. The molecule has 0 bridgehead atoms. The maximum atomic E-state index is 9.98. The molecule has 4 heteroatoms. The summed E-state index contributed by atoms with van der Waals surface area (Å²) in [6, 6.07) is 0. The lowest BCUT2D eigenvalue weighted by molar-refractivity contribution is -0.129. The average molecular weight is 227 g/mol. The number of ether oxygens (including phenoxy) is 1. The van der Waals surface area contributed by atoms with Crippen molar-refractivity contribution in [1.29, 1.82) is 0 Å². The van der Waals surface area contributed by atoms with E-state index in [1.807, 2.05) is 6.20 Å². The zero-order valence-corrected chi connectivity index (χ0v) is 9.89. The van der Waals surface area contributed by atoms with Gasteiger partial charge in [-0.2, -0.15) is 0 Å². The van der Waals surface area contributed by atoms with E-state index in [1.54, 1.807) is 11.3 Å². The van der Waals surface area contributed by atoms with E-state index in [9.17, 15) is 4.79 Å². The highest BCUT2D eigenvalue weighted by atomic mass is 32.1. The monoisotopic (exact) mass is 227 g/mol. The third kappa shape index (κ3) is 4.93. The minimum atomic E-state index is 0.309. The summed E-state index contributed by atoms with van der Waals surface area (Å²) in [5, 5.41) is 0.882. The van der Waals surface area contributed by atoms with Crippen molar-refractivity contribution in [2.24, 2.45) is 0 Å². The summed E-state index contributed by atoms with van der Waals surface area (Å²) in [7, 11) is 0. The maximum absolute atomic E-state index is 9.98. The van der Waals surface area contributed by atoms with Gasteiger partial charge in [-0.15, -0.1) is 11.3 Å².